The maximum absolute atomic E-state index is 11.9. The third-order valence-electron chi connectivity index (χ3n) is 2.98. The van der Waals surface area contributed by atoms with Gasteiger partial charge in [-0.1, -0.05) is 0 Å². The highest BCUT2D eigenvalue weighted by atomic mass is 16.5. The van der Waals surface area contributed by atoms with Gasteiger partial charge in [0, 0.05) is 20.2 Å². The molecule has 0 atom stereocenters. The van der Waals surface area contributed by atoms with Crippen LogP contribution in [0.5, 0.6) is 0 Å². The van der Waals surface area contributed by atoms with Crippen molar-refractivity contribution in [3.8, 4) is 0 Å². The van der Waals surface area contributed by atoms with Crippen molar-refractivity contribution in [1.82, 2.24) is 19.7 Å². The average molecular weight is 239 g/mol. The Morgan fingerprint density at radius 1 is 1.59 bits per heavy atom. The fourth-order valence-corrected chi connectivity index (χ4v) is 1.96. The van der Waals surface area contributed by atoms with Gasteiger partial charge in [-0.25, -0.2) is 9.67 Å². The molecule has 1 aliphatic heterocycles. The van der Waals surface area contributed by atoms with Crippen molar-refractivity contribution in [2.75, 3.05) is 25.9 Å². The van der Waals surface area contributed by atoms with E-state index in [0.29, 0.717) is 0 Å². The first-order valence-electron chi connectivity index (χ1n) is 5.64. The van der Waals surface area contributed by atoms with E-state index in [0.717, 1.165) is 25.9 Å². The molecule has 2 heterocycles. The molecule has 0 saturated carbocycles. The highest BCUT2D eigenvalue weighted by molar-refractivity contribution is 5.76. The zero-order chi connectivity index (χ0) is 12.3. The lowest BCUT2D eigenvalue weighted by molar-refractivity contribution is -0.134. The standard InChI is InChI=1S/C10H17N5O2/c1-17-8-2-4-14(5-3-8)9(16)6-15-7-12-10(11)13-15/h7-8H,2-6H2,1H3,(H2,11,13). The Labute approximate surface area is 99.5 Å². The smallest absolute Gasteiger partial charge is 0.244 e. The van der Waals surface area contributed by atoms with E-state index in [-0.39, 0.29) is 24.5 Å². The normalized spacial score (nSPS) is 17.4. The Bertz CT molecular complexity index is 384. The predicted molar refractivity (Wildman–Crippen MR) is 61.0 cm³/mol. The number of nitrogen functional groups attached to an aromatic ring is 1. The van der Waals surface area contributed by atoms with Gasteiger partial charge in [-0.15, -0.1) is 5.10 Å². The summed E-state index contributed by atoms with van der Waals surface area (Å²) in [6, 6.07) is 0. The van der Waals surface area contributed by atoms with Gasteiger partial charge < -0.3 is 15.4 Å². The zero-order valence-corrected chi connectivity index (χ0v) is 9.87. The lowest BCUT2D eigenvalue weighted by atomic mass is 10.1. The monoisotopic (exact) mass is 239 g/mol. The Hall–Kier alpha value is -1.63. The molecule has 7 nitrogen and oxygen atoms in total. The maximum Gasteiger partial charge on any atom is 0.244 e. The van der Waals surface area contributed by atoms with Crippen LogP contribution < -0.4 is 5.73 Å². The Balaban J connectivity index is 1.85. The first-order chi connectivity index (χ1) is 8.19. The van der Waals surface area contributed by atoms with E-state index in [1.54, 1.807) is 7.11 Å². The topological polar surface area (TPSA) is 86.3 Å². The van der Waals surface area contributed by atoms with Crippen LogP contribution in [0, 0.1) is 0 Å². The number of ether oxygens (including phenoxy) is 1. The molecule has 7 heteroatoms. The summed E-state index contributed by atoms with van der Waals surface area (Å²) >= 11 is 0. The molecule has 1 saturated heterocycles. The number of nitrogens with zero attached hydrogens (tertiary/aromatic N) is 4. The second kappa shape index (κ2) is 5.13. The van der Waals surface area contributed by atoms with Gasteiger partial charge >= 0.3 is 0 Å². The van der Waals surface area contributed by atoms with E-state index in [4.69, 9.17) is 10.5 Å². The molecule has 0 bridgehead atoms. The average Bonchev–Trinajstić information content (AvgIpc) is 2.75. The summed E-state index contributed by atoms with van der Waals surface area (Å²) in [5, 5.41) is 3.89. The van der Waals surface area contributed by atoms with Crippen molar-refractivity contribution in [3.05, 3.63) is 6.33 Å². The van der Waals surface area contributed by atoms with Crippen LogP contribution in [0.15, 0.2) is 6.33 Å². The third kappa shape index (κ3) is 2.94. The Morgan fingerprint density at radius 2 is 2.29 bits per heavy atom. The molecule has 2 N–H and O–H groups in total. The van der Waals surface area contributed by atoms with Gasteiger partial charge in [0.1, 0.15) is 12.9 Å². The number of methoxy groups -OCH3 is 1. The molecule has 1 aliphatic rings. The number of anilines is 1. The van der Waals surface area contributed by atoms with Crippen LogP contribution >= 0.6 is 0 Å². The van der Waals surface area contributed by atoms with Crippen LogP contribution in [-0.2, 0) is 16.1 Å². The van der Waals surface area contributed by atoms with Crippen LogP contribution in [0.1, 0.15) is 12.8 Å². The van der Waals surface area contributed by atoms with Crippen LogP contribution in [0.25, 0.3) is 0 Å². The summed E-state index contributed by atoms with van der Waals surface area (Å²) < 4.78 is 6.72. The van der Waals surface area contributed by atoms with Crippen molar-refractivity contribution >= 4 is 11.9 Å². The molecule has 0 unspecified atom stereocenters. The van der Waals surface area contributed by atoms with E-state index < -0.39 is 0 Å². The van der Waals surface area contributed by atoms with Crippen LogP contribution in [0.2, 0.25) is 0 Å². The molecule has 1 fully saturated rings. The van der Waals surface area contributed by atoms with Gasteiger partial charge in [0.15, 0.2) is 0 Å². The third-order valence-corrected chi connectivity index (χ3v) is 2.98. The number of amides is 1. The first kappa shape index (κ1) is 11.8. The van der Waals surface area contributed by atoms with Gasteiger partial charge in [0.25, 0.3) is 0 Å². The molecular weight excluding hydrogens is 222 g/mol. The summed E-state index contributed by atoms with van der Waals surface area (Å²) in [7, 11) is 1.71. The summed E-state index contributed by atoms with van der Waals surface area (Å²) in [5.41, 5.74) is 5.38. The second-order valence-electron chi connectivity index (χ2n) is 4.12. The van der Waals surface area contributed by atoms with Crippen LogP contribution in [0.3, 0.4) is 0 Å². The second-order valence-corrected chi connectivity index (χ2v) is 4.12. The highest BCUT2D eigenvalue weighted by Crippen LogP contribution is 2.13. The van der Waals surface area contributed by atoms with E-state index in [9.17, 15) is 4.79 Å². The highest BCUT2D eigenvalue weighted by Gasteiger charge is 2.22. The number of nitrogens with two attached hydrogens (primary N) is 1. The SMILES string of the molecule is COC1CCN(C(=O)Cn2cnc(N)n2)CC1. The van der Waals surface area contributed by atoms with Gasteiger partial charge in [-0.05, 0) is 12.8 Å². The van der Waals surface area contributed by atoms with Crippen molar-refractivity contribution in [1.29, 1.82) is 0 Å². The molecule has 0 aromatic carbocycles. The summed E-state index contributed by atoms with van der Waals surface area (Å²) in [6.45, 7) is 1.67. The number of likely N-dealkylation sites (tertiary alicyclic amines) is 1. The minimum atomic E-state index is 0.0458. The van der Waals surface area contributed by atoms with Crippen molar-refractivity contribution in [2.24, 2.45) is 0 Å². The molecule has 0 radical (unpaired) electrons. The number of hydrogen-bond donors (Lipinski definition) is 1. The lowest BCUT2D eigenvalue weighted by Crippen LogP contribution is -2.42. The molecule has 0 aliphatic carbocycles. The summed E-state index contributed by atoms with van der Waals surface area (Å²) in [5.74, 6) is 0.236. The van der Waals surface area contributed by atoms with Crippen LogP contribution in [0.4, 0.5) is 5.95 Å². The molecule has 1 aromatic rings. The minimum Gasteiger partial charge on any atom is -0.381 e. The number of aromatic nitrogens is 3. The van der Waals surface area contributed by atoms with Crippen molar-refractivity contribution in [2.45, 2.75) is 25.5 Å². The molecule has 1 amide bonds. The van der Waals surface area contributed by atoms with Gasteiger partial charge in [0.2, 0.25) is 11.9 Å². The summed E-state index contributed by atoms with van der Waals surface area (Å²) in [6.07, 6.45) is 3.53. The van der Waals surface area contributed by atoms with Gasteiger partial charge in [-0.2, -0.15) is 0 Å². The Morgan fingerprint density at radius 3 is 2.82 bits per heavy atom. The van der Waals surface area contributed by atoms with Crippen molar-refractivity contribution < 1.29 is 9.53 Å². The molecule has 2 rings (SSSR count). The number of hydrogen-bond acceptors (Lipinski definition) is 5. The first-order valence-corrected chi connectivity index (χ1v) is 5.64. The van der Waals surface area contributed by atoms with Crippen molar-refractivity contribution in [3.63, 3.8) is 0 Å². The molecule has 17 heavy (non-hydrogen) atoms. The number of rotatable bonds is 3. The van der Waals surface area contributed by atoms with Crippen LogP contribution in [-0.4, -0.2) is 51.9 Å². The van der Waals surface area contributed by atoms with Gasteiger partial charge in [-0.3, -0.25) is 4.79 Å². The molecular formula is C10H17N5O2. The van der Waals surface area contributed by atoms with E-state index in [2.05, 4.69) is 10.1 Å². The quantitative estimate of drug-likeness (QED) is 0.768. The lowest BCUT2D eigenvalue weighted by Gasteiger charge is -2.31. The maximum atomic E-state index is 11.9. The van der Waals surface area contributed by atoms with E-state index >= 15 is 0 Å². The fraction of sp³-hybridized carbons (Fsp3) is 0.700. The predicted octanol–water partition coefficient (Wildman–Crippen LogP) is -0.502. The summed E-state index contributed by atoms with van der Waals surface area (Å²) in [4.78, 5) is 17.5. The zero-order valence-electron chi connectivity index (χ0n) is 9.87. The number of piperidine rings is 1. The fourth-order valence-electron chi connectivity index (χ4n) is 1.96. The van der Waals surface area contributed by atoms with E-state index in [1.165, 1.54) is 11.0 Å². The minimum absolute atomic E-state index is 0.0458. The molecule has 1 aromatic heterocycles. The van der Waals surface area contributed by atoms with Gasteiger partial charge in [0.05, 0.1) is 6.10 Å². The largest absolute Gasteiger partial charge is 0.381 e. The molecule has 94 valence electrons. The Kier molecular flexibility index (Phi) is 3.58. The molecule has 0 spiro atoms. The number of carbonyl (C=O) groups is 1. The number of carbonyl (C=O) groups excluding carboxylic acids is 1. The van der Waals surface area contributed by atoms with E-state index in [1.807, 2.05) is 4.90 Å².